The molecule has 1 N–H and O–H groups in total. The third-order valence-electron chi connectivity index (χ3n) is 4.45. The molecule has 0 atom stereocenters. The second kappa shape index (κ2) is 9.61. The lowest BCUT2D eigenvalue weighted by atomic mass is 10.2. The summed E-state index contributed by atoms with van der Waals surface area (Å²) in [5.41, 5.74) is 2.81. The van der Waals surface area contributed by atoms with E-state index in [1.54, 1.807) is 34.9 Å². The van der Waals surface area contributed by atoms with Gasteiger partial charge in [-0.3, -0.25) is 9.78 Å². The summed E-state index contributed by atoms with van der Waals surface area (Å²) in [6.45, 7) is 0.545. The van der Waals surface area contributed by atoms with Crippen molar-refractivity contribution in [3.63, 3.8) is 0 Å². The lowest BCUT2D eigenvalue weighted by Crippen LogP contribution is -2.16. The van der Waals surface area contributed by atoms with Crippen LogP contribution in [0.4, 0.5) is 5.82 Å². The molecule has 4 aromatic rings. The molecule has 150 valence electrons. The Morgan fingerprint density at radius 2 is 1.77 bits per heavy atom. The third-order valence-corrected chi connectivity index (χ3v) is 5.78. The zero-order valence-corrected chi connectivity index (χ0v) is 17.6. The van der Waals surface area contributed by atoms with Crippen molar-refractivity contribution in [3.05, 3.63) is 107 Å². The van der Waals surface area contributed by atoms with Crippen LogP contribution in [0.3, 0.4) is 0 Å². The summed E-state index contributed by atoms with van der Waals surface area (Å²) in [7, 11) is 0. The minimum absolute atomic E-state index is 0.170. The number of aromatic nitrogens is 3. The molecule has 0 aliphatic heterocycles. The molecule has 2 aromatic heterocycles. The largest absolute Gasteiger partial charge is 0.307 e. The van der Waals surface area contributed by atoms with Crippen molar-refractivity contribution in [1.29, 1.82) is 0 Å². The number of halogens is 1. The Labute approximate surface area is 184 Å². The summed E-state index contributed by atoms with van der Waals surface area (Å²) in [5.74, 6) is 1.31. The first-order chi connectivity index (χ1) is 14.7. The maximum atomic E-state index is 12.7. The average molecular weight is 435 g/mol. The van der Waals surface area contributed by atoms with Crippen LogP contribution in [0.25, 0.3) is 0 Å². The highest BCUT2D eigenvalue weighted by Gasteiger charge is 2.10. The fourth-order valence-electron chi connectivity index (χ4n) is 2.87. The summed E-state index contributed by atoms with van der Waals surface area (Å²) in [5, 5.41) is 7.93. The Hall–Kier alpha value is -3.09. The molecule has 0 saturated carbocycles. The van der Waals surface area contributed by atoms with Gasteiger partial charge in [0.25, 0.3) is 5.91 Å². The zero-order chi connectivity index (χ0) is 20.8. The van der Waals surface area contributed by atoms with Crippen molar-refractivity contribution >= 4 is 35.1 Å². The Kier molecular flexibility index (Phi) is 6.47. The first-order valence-electron chi connectivity index (χ1n) is 9.37. The van der Waals surface area contributed by atoms with Crippen LogP contribution in [0.2, 0.25) is 5.02 Å². The van der Waals surface area contributed by atoms with Crippen LogP contribution < -0.4 is 5.32 Å². The molecule has 0 saturated heterocycles. The number of hydrogen-bond donors (Lipinski definition) is 1. The topological polar surface area (TPSA) is 59.8 Å². The number of carbonyl (C=O) groups is 1. The van der Waals surface area contributed by atoms with Gasteiger partial charge in [0, 0.05) is 39.7 Å². The van der Waals surface area contributed by atoms with Crippen LogP contribution in [0.15, 0.2) is 90.2 Å². The van der Waals surface area contributed by atoms with E-state index in [2.05, 4.69) is 21.5 Å². The quantitative estimate of drug-likeness (QED) is 0.389. The fourth-order valence-corrected chi connectivity index (χ4v) is 3.83. The first-order valence-corrected chi connectivity index (χ1v) is 10.7. The highest BCUT2D eigenvalue weighted by atomic mass is 35.5. The maximum Gasteiger partial charge on any atom is 0.256 e. The normalized spacial score (nSPS) is 10.7. The molecule has 5 nitrogen and oxygen atoms in total. The number of carbonyl (C=O) groups excluding carboxylic acids is 1. The minimum Gasteiger partial charge on any atom is -0.307 e. The molecule has 2 heterocycles. The number of thioether (sulfide) groups is 1. The summed E-state index contributed by atoms with van der Waals surface area (Å²) < 4.78 is 1.75. The molecule has 7 heteroatoms. The van der Waals surface area contributed by atoms with E-state index >= 15 is 0 Å². The standard InChI is InChI=1S/C23H19ClN4OS/c24-20-7-3-17(4-8-20)15-28-22(11-13-26-28)27-23(29)19-5-9-21(10-6-19)30-16-18-2-1-12-25-14-18/h1-14H,15-16H2,(H,27,29). The van der Waals surface area contributed by atoms with E-state index in [1.165, 1.54) is 5.56 Å². The molecular weight excluding hydrogens is 416 g/mol. The van der Waals surface area contributed by atoms with Crippen LogP contribution in [0.1, 0.15) is 21.5 Å². The smallest absolute Gasteiger partial charge is 0.256 e. The van der Waals surface area contributed by atoms with Gasteiger partial charge < -0.3 is 5.32 Å². The second-order valence-corrected chi connectivity index (χ2v) is 8.11. The molecule has 2 aromatic carbocycles. The Balaban J connectivity index is 1.37. The molecule has 1 amide bonds. The number of hydrogen-bond acceptors (Lipinski definition) is 4. The van der Waals surface area contributed by atoms with Gasteiger partial charge >= 0.3 is 0 Å². The van der Waals surface area contributed by atoms with E-state index in [1.807, 2.05) is 60.8 Å². The van der Waals surface area contributed by atoms with E-state index in [0.717, 1.165) is 16.2 Å². The van der Waals surface area contributed by atoms with E-state index in [4.69, 9.17) is 11.6 Å². The molecule has 0 spiro atoms. The number of nitrogens with one attached hydrogen (secondary N) is 1. The van der Waals surface area contributed by atoms with Gasteiger partial charge in [-0.25, -0.2) is 4.68 Å². The van der Waals surface area contributed by atoms with Crippen molar-refractivity contribution in [1.82, 2.24) is 14.8 Å². The van der Waals surface area contributed by atoms with Crippen molar-refractivity contribution < 1.29 is 4.79 Å². The predicted molar refractivity (Wildman–Crippen MR) is 121 cm³/mol. The van der Waals surface area contributed by atoms with E-state index in [-0.39, 0.29) is 5.91 Å². The Bertz CT molecular complexity index is 1110. The van der Waals surface area contributed by atoms with Gasteiger partial charge in [-0.1, -0.05) is 29.8 Å². The summed E-state index contributed by atoms with van der Waals surface area (Å²) in [4.78, 5) is 17.9. The number of pyridine rings is 1. The highest BCUT2D eigenvalue weighted by Crippen LogP contribution is 2.23. The first kappa shape index (κ1) is 20.2. The number of amides is 1. The van der Waals surface area contributed by atoms with Crippen molar-refractivity contribution in [2.75, 3.05) is 5.32 Å². The predicted octanol–water partition coefficient (Wildman–Crippen LogP) is 5.52. The van der Waals surface area contributed by atoms with Gasteiger partial charge in [-0.05, 0) is 53.6 Å². The molecule has 4 rings (SSSR count). The number of nitrogens with zero attached hydrogens (tertiary/aromatic N) is 3. The number of rotatable bonds is 7. The van der Waals surface area contributed by atoms with Crippen LogP contribution in [-0.2, 0) is 12.3 Å². The molecule has 30 heavy (non-hydrogen) atoms. The Morgan fingerprint density at radius 3 is 2.50 bits per heavy atom. The van der Waals surface area contributed by atoms with E-state index in [9.17, 15) is 4.79 Å². The maximum absolute atomic E-state index is 12.7. The molecule has 0 fully saturated rings. The van der Waals surface area contributed by atoms with Crippen LogP contribution >= 0.6 is 23.4 Å². The molecule has 0 bridgehead atoms. The lowest BCUT2D eigenvalue weighted by molar-refractivity contribution is 0.102. The van der Waals surface area contributed by atoms with Gasteiger partial charge in [0.2, 0.25) is 0 Å². The highest BCUT2D eigenvalue weighted by molar-refractivity contribution is 7.98. The Morgan fingerprint density at radius 1 is 0.967 bits per heavy atom. The molecule has 0 aliphatic rings. The SMILES string of the molecule is O=C(Nc1ccnn1Cc1ccc(Cl)cc1)c1ccc(SCc2cccnc2)cc1. The molecule has 0 aliphatic carbocycles. The summed E-state index contributed by atoms with van der Waals surface area (Å²) >= 11 is 7.65. The van der Waals surface area contributed by atoms with Gasteiger partial charge in [-0.2, -0.15) is 5.10 Å². The minimum atomic E-state index is -0.170. The summed E-state index contributed by atoms with van der Waals surface area (Å²) in [6.07, 6.45) is 5.30. The van der Waals surface area contributed by atoms with Crippen LogP contribution in [0.5, 0.6) is 0 Å². The molecule has 0 unspecified atom stereocenters. The third kappa shape index (κ3) is 5.28. The van der Waals surface area contributed by atoms with E-state index in [0.29, 0.717) is 22.9 Å². The van der Waals surface area contributed by atoms with Gasteiger partial charge in [0.1, 0.15) is 5.82 Å². The van der Waals surface area contributed by atoms with E-state index < -0.39 is 0 Å². The number of benzene rings is 2. The molecule has 0 radical (unpaired) electrons. The average Bonchev–Trinajstić information content (AvgIpc) is 3.21. The zero-order valence-electron chi connectivity index (χ0n) is 16.0. The van der Waals surface area contributed by atoms with Crippen molar-refractivity contribution in [3.8, 4) is 0 Å². The fraction of sp³-hybridized carbons (Fsp3) is 0.0870. The van der Waals surface area contributed by atoms with Gasteiger partial charge in [-0.15, -0.1) is 11.8 Å². The summed E-state index contributed by atoms with van der Waals surface area (Å²) in [6, 6.07) is 20.9. The second-order valence-electron chi connectivity index (χ2n) is 6.63. The number of anilines is 1. The van der Waals surface area contributed by atoms with Gasteiger partial charge in [0.05, 0.1) is 12.7 Å². The van der Waals surface area contributed by atoms with Crippen molar-refractivity contribution in [2.24, 2.45) is 0 Å². The lowest BCUT2D eigenvalue weighted by Gasteiger charge is -2.10. The van der Waals surface area contributed by atoms with Crippen LogP contribution in [-0.4, -0.2) is 20.7 Å². The molecular formula is C23H19ClN4OS. The van der Waals surface area contributed by atoms with Crippen molar-refractivity contribution in [2.45, 2.75) is 17.2 Å². The monoisotopic (exact) mass is 434 g/mol. The van der Waals surface area contributed by atoms with Crippen LogP contribution in [0, 0.1) is 0 Å². The van der Waals surface area contributed by atoms with Gasteiger partial charge in [0.15, 0.2) is 0 Å².